The normalized spacial score (nSPS) is 18.4. The van der Waals surface area contributed by atoms with E-state index in [-0.39, 0.29) is 0 Å². The fourth-order valence-corrected chi connectivity index (χ4v) is 12.3. The number of hydrogen-bond acceptors (Lipinski definition) is 3. The van der Waals surface area contributed by atoms with Crippen molar-refractivity contribution in [3.63, 3.8) is 0 Å². The Hall–Kier alpha value is -6.17. The molecule has 4 nitrogen and oxygen atoms in total. The van der Waals surface area contributed by atoms with Crippen LogP contribution in [0.1, 0.15) is 94.9 Å². The Morgan fingerprint density at radius 3 is 2.47 bits per heavy atom. The zero-order valence-electron chi connectivity index (χ0n) is 32.9. The van der Waals surface area contributed by atoms with E-state index in [1.54, 1.807) is 0 Å². The van der Waals surface area contributed by atoms with Crippen molar-refractivity contribution in [1.82, 2.24) is 19.1 Å². The van der Waals surface area contributed by atoms with Crippen LogP contribution < -0.4 is 10.6 Å². The number of fused-ring (bicyclic) bond motifs is 12. The quantitative estimate of drug-likeness (QED) is 0.179. The van der Waals surface area contributed by atoms with Gasteiger partial charge in [0.15, 0.2) is 0 Å². The second-order valence-electron chi connectivity index (χ2n) is 16.8. The first-order chi connectivity index (χ1) is 29.3. The van der Waals surface area contributed by atoms with Gasteiger partial charge < -0.3 is 4.57 Å². The maximum Gasteiger partial charge on any atom is 0.235 e. The Morgan fingerprint density at radius 1 is 0.661 bits per heavy atom. The number of thioether (sulfide) groups is 1. The number of hydrogen-bond donors (Lipinski definition) is 0. The van der Waals surface area contributed by atoms with Crippen molar-refractivity contribution in [1.29, 1.82) is 0 Å². The van der Waals surface area contributed by atoms with Gasteiger partial charge in [-0.05, 0) is 134 Å². The Kier molecular flexibility index (Phi) is 7.54. The summed E-state index contributed by atoms with van der Waals surface area (Å²) in [6.45, 7) is 0. The van der Waals surface area contributed by atoms with Crippen LogP contribution in [-0.4, -0.2) is 19.1 Å². The molecular weight excluding hydrogens is 737 g/mol. The molecule has 5 aliphatic carbocycles. The summed E-state index contributed by atoms with van der Waals surface area (Å²) in [5.41, 5.74) is 18.5. The summed E-state index contributed by atoms with van der Waals surface area (Å²) in [5, 5.41) is 4.87. The van der Waals surface area contributed by atoms with Gasteiger partial charge >= 0.3 is 0 Å². The molecule has 4 heterocycles. The topological polar surface area (TPSA) is 35.6 Å². The highest BCUT2D eigenvalue weighted by Gasteiger charge is 2.32. The van der Waals surface area contributed by atoms with Gasteiger partial charge in [-0.15, -0.1) is 0 Å². The highest BCUT2D eigenvalue weighted by atomic mass is 32.2. The Bertz CT molecular complexity index is 3270. The lowest BCUT2D eigenvalue weighted by atomic mass is 9.87. The SMILES string of the molecule is C1=Cc2ccc3c(c2CC1)c1cc(C2=C4Sc5ccccc5C4CC=C2)ccc1n3-c1nc(C2=Cc3c4c(n(-c5ccccc5)c3CC2)CCC=C4)c2c(n1)=CCCC=2. The highest BCUT2D eigenvalue weighted by Crippen LogP contribution is 2.55. The summed E-state index contributed by atoms with van der Waals surface area (Å²) < 4.78 is 4.93. The summed E-state index contributed by atoms with van der Waals surface area (Å²) in [7, 11) is 0. The van der Waals surface area contributed by atoms with E-state index in [4.69, 9.17) is 9.97 Å². The third-order valence-electron chi connectivity index (χ3n) is 13.6. The van der Waals surface area contributed by atoms with Crippen molar-refractivity contribution in [3.05, 3.63) is 175 Å². The minimum atomic E-state index is 0.435. The minimum Gasteiger partial charge on any atom is -0.317 e. The van der Waals surface area contributed by atoms with E-state index >= 15 is 0 Å². The van der Waals surface area contributed by atoms with E-state index in [0.717, 1.165) is 74.8 Å². The molecule has 4 aromatic carbocycles. The second kappa shape index (κ2) is 13.2. The first-order valence-corrected chi connectivity index (χ1v) is 22.3. The average molecular weight is 779 g/mol. The van der Waals surface area contributed by atoms with Gasteiger partial charge in [0, 0.05) is 59.9 Å². The molecule has 0 radical (unpaired) electrons. The molecule has 3 aromatic heterocycles. The highest BCUT2D eigenvalue weighted by molar-refractivity contribution is 8.03. The van der Waals surface area contributed by atoms with Crippen molar-refractivity contribution in [2.75, 3.05) is 0 Å². The number of aromatic nitrogens is 4. The molecule has 0 saturated carbocycles. The lowest BCUT2D eigenvalue weighted by Gasteiger charge is -2.20. The van der Waals surface area contributed by atoms with Gasteiger partial charge in [-0.2, -0.15) is 0 Å². The number of rotatable bonds is 4. The maximum atomic E-state index is 5.66. The van der Waals surface area contributed by atoms with Crippen LogP contribution >= 0.6 is 11.8 Å². The van der Waals surface area contributed by atoms with E-state index in [1.165, 1.54) is 98.4 Å². The third kappa shape index (κ3) is 5.10. The van der Waals surface area contributed by atoms with Gasteiger partial charge in [-0.3, -0.25) is 4.57 Å². The summed E-state index contributed by atoms with van der Waals surface area (Å²) in [5.74, 6) is 1.20. The summed E-state index contributed by atoms with van der Waals surface area (Å²) in [6.07, 6.45) is 30.5. The molecule has 1 atom stereocenters. The zero-order chi connectivity index (χ0) is 38.6. The second-order valence-corrected chi connectivity index (χ2v) is 17.9. The van der Waals surface area contributed by atoms with E-state index in [0.29, 0.717) is 5.92 Å². The number of para-hydroxylation sites is 1. The third-order valence-corrected chi connectivity index (χ3v) is 14.9. The Balaban J connectivity index is 1.02. The van der Waals surface area contributed by atoms with Crippen LogP contribution in [0.2, 0.25) is 0 Å². The Labute approximate surface area is 348 Å². The van der Waals surface area contributed by atoms with Crippen molar-refractivity contribution in [2.45, 2.75) is 68.6 Å². The molecule has 6 aliphatic rings. The standard InChI is InChI=1S/C54H42N4S/c1-2-14-36(15-3-1)57-46-23-10-7-17-39(46)43-32-35(27-29-47(43)57)52-42-19-6-9-22-45(42)55-54(56-52)58-48-28-26-34(31-44(48)51-37-16-5-4-13-33(37)25-30-49(51)58)38-20-12-21-41-40-18-8-11-24-50(40)59-53(38)41/h1-4,7-8,11-15,17-20,22,24-26,28,30-32,41H,5-6,9-10,16,21,23,27,29H2. The van der Waals surface area contributed by atoms with E-state index < -0.39 is 0 Å². The molecule has 0 bridgehead atoms. The van der Waals surface area contributed by atoms with Gasteiger partial charge in [0.2, 0.25) is 5.95 Å². The van der Waals surface area contributed by atoms with Crippen LogP contribution in [0.15, 0.2) is 119 Å². The summed E-state index contributed by atoms with van der Waals surface area (Å²) in [4.78, 5) is 14.0. The van der Waals surface area contributed by atoms with Gasteiger partial charge in [0.25, 0.3) is 0 Å². The number of benzene rings is 4. The molecule has 0 amide bonds. The molecule has 13 rings (SSSR count). The molecule has 0 N–H and O–H groups in total. The summed E-state index contributed by atoms with van der Waals surface area (Å²) >= 11 is 1.97. The van der Waals surface area contributed by atoms with Crippen molar-refractivity contribution in [3.8, 4) is 11.6 Å². The van der Waals surface area contributed by atoms with E-state index in [1.807, 2.05) is 11.8 Å². The molecule has 0 fully saturated rings. The lowest BCUT2D eigenvalue weighted by Crippen LogP contribution is -2.36. The Morgan fingerprint density at radius 2 is 1.51 bits per heavy atom. The predicted molar refractivity (Wildman–Crippen MR) is 246 cm³/mol. The molecule has 0 saturated heterocycles. The largest absolute Gasteiger partial charge is 0.317 e. The molecule has 7 aromatic rings. The lowest BCUT2D eigenvalue weighted by molar-refractivity contribution is 0.814. The van der Waals surface area contributed by atoms with Crippen LogP contribution in [-0.2, 0) is 19.3 Å². The molecule has 284 valence electrons. The van der Waals surface area contributed by atoms with Crippen molar-refractivity contribution in [2.24, 2.45) is 0 Å². The summed E-state index contributed by atoms with van der Waals surface area (Å²) in [6, 6.07) is 31.7. The fraction of sp³-hybridized carbons (Fsp3) is 0.185. The number of allylic oxidation sites excluding steroid dienone is 7. The maximum absolute atomic E-state index is 5.66. The molecule has 5 heteroatoms. The van der Waals surface area contributed by atoms with Gasteiger partial charge in [-0.1, -0.05) is 109 Å². The zero-order valence-corrected chi connectivity index (χ0v) is 33.7. The molecule has 59 heavy (non-hydrogen) atoms. The van der Waals surface area contributed by atoms with Crippen molar-refractivity contribution >= 4 is 75.1 Å². The van der Waals surface area contributed by atoms with E-state index in [9.17, 15) is 0 Å². The van der Waals surface area contributed by atoms with Gasteiger partial charge in [-0.25, -0.2) is 9.97 Å². The van der Waals surface area contributed by atoms with Gasteiger partial charge in [0.1, 0.15) is 0 Å². The molecule has 1 unspecified atom stereocenters. The van der Waals surface area contributed by atoms with Crippen LogP contribution in [0, 0.1) is 0 Å². The first-order valence-electron chi connectivity index (χ1n) is 21.5. The smallest absolute Gasteiger partial charge is 0.235 e. The predicted octanol–water partition coefficient (Wildman–Crippen LogP) is 11.7. The van der Waals surface area contributed by atoms with Crippen LogP contribution in [0.5, 0.6) is 0 Å². The molecule has 1 aliphatic heterocycles. The van der Waals surface area contributed by atoms with Crippen LogP contribution in [0.25, 0.3) is 75.0 Å². The first kappa shape index (κ1) is 33.8. The van der Waals surface area contributed by atoms with Gasteiger partial charge in [0.05, 0.1) is 22.1 Å². The minimum absolute atomic E-state index is 0.435. The van der Waals surface area contributed by atoms with Crippen LogP contribution in [0.3, 0.4) is 0 Å². The molecule has 0 spiro atoms. The fourth-order valence-electron chi connectivity index (χ4n) is 10.9. The number of aryl methyl sites for hydroxylation is 1. The van der Waals surface area contributed by atoms with Crippen molar-refractivity contribution < 1.29 is 0 Å². The number of nitrogens with zero attached hydrogens (tertiary/aromatic N) is 4. The average Bonchev–Trinajstić information content (AvgIpc) is 3.96. The van der Waals surface area contributed by atoms with Crippen LogP contribution in [0.4, 0.5) is 0 Å². The monoisotopic (exact) mass is 778 g/mol. The molecular formula is C54H42N4S. The van der Waals surface area contributed by atoms with E-state index in [2.05, 4.69) is 149 Å².